The van der Waals surface area contributed by atoms with E-state index in [0.29, 0.717) is 23.2 Å². The molecule has 3 nitrogen and oxygen atoms in total. The molecule has 0 saturated heterocycles. The molecule has 0 aromatic heterocycles. The van der Waals surface area contributed by atoms with Crippen LogP contribution in [0.25, 0.3) is 0 Å². The third-order valence-corrected chi connectivity index (χ3v) is 4.04. The highest BCUT2D eigenvalue weighted by Crippen LogP contribution is 2.25. The van der Waals surface area contributed by atoms with E-state index in [1.807, 2.05) is 19.9 Å². The number of hydrogen-bond acceptors (Lipinski definition) is 2. The van der Waals surface area contributed by atoms with Crippen LogP contribution in [-0.4, -0.2) is 11.9 Å². The van der Waals surface area contributed by atoms with Gasteiger partial charge in [-0.25, -0.2) is 0 Å². The van der Waals surface area contributed by atoms with Crippen molar-refractivity contribution in [3.63, 3.8) is 0 Å². The second-order valence-electron chi connectivity index (χ2n) is 5.51. The number of carbonyl (C=O) groups excluding carboxylic acids is 1. The average Bonchev–Trinajstić information content (AvgIpc) is 2.69. The summed E-state index contributed by atoms with van der Waals surface area (Å²) in [5.74, 6) is 0.593. The first-order chi connectivity index (χ1) is 8.49. The average molecular weight is 246 g/mol. The molecule has 3 N–H and O–H groups in total. The molecule has 0 radical (unpaired) electrons. The third-order valence-electron chi connectivity index (χ3n) is 4.04. The molecule has 1 aromatic rings. The summed E-state index contributed by atoms with van der Waals surface area (Å²) in [5, 5.41) is 3.14. The zero-order valence-corrected chi connectivity index (χ0v) is 11.4. The van der Waals surface area contributed by atoms with Gasteiger partial charge in [-0.05, 0) is 49.8 Å². The van der Waals surface area contributed by atoms with Crippen molar-refractivity contribution in [3.05, 3.63) is 28.8 Å². The second kappa shape index (κ2) is 5.01. The summed E-state index contributed by atoms with van der Waals surface area (Å²) in [6.45, 7) is 6.12. The number of rotatable bonds is 2. The van der Waals surface area contributed by atoms with E-state index < -0.39 is 0 Å². The summed E-state index contributed by atoms with van der Waals surface area (Å²) in [7, 11) is 0. The van der Waals surface area contributed by atoms with E-state index >= 15 is 0 Å². The van der Waals surface area contributed by atoms with Gasteiger partial charge >= 0.3 is 0 Å². The molecule has 1 saturated carbocycles. The van der Waals surface area contributed by atoms with Crippen molar-refractivity contribution < 1.29 is 4.79 Å². The van der Waals surface area contributed by atoms with Crippen LogP contribution in [0.2, 0.25) is 0 Å². The highest BCUT2D eigenvalue weighted by atomic mass is 16.1. The summed E-state index contributed by atoms with van der Waals surface area (Å²) in [5.41, 5.74) is 9.29. The number of anilines is 1. The minimum Gasteiger partial charge on any atom is -0.398 e. The molecule has 1 amide bonds. The van der Waals surface area contributed by atoms with Gasteiger partial charge in [0.25, 0.3) is 5.91 Å². The zero-order valence-electron chi connectivity index (χ0n) is 11.4. The van der Waals surface area contributed by atoms with Crippen molar-refractivity contribution >= 4 is 11.6 Å². The Labute approximate surface area is 109 Å². The van der Waals surface area contributed by atoms with E-state index in [2.05, 4.69) is 12.2 Å². The maximum absolute atomic E-state index is 12.3. The van der Waals surface area contributed by atoms with Crippen LogP contribution >= 0.6 is 0 Å². The van der Waals surface area contributed by atoms with Gasteiger partial charge in [0, 0.05) is 17.3 Å². The summed E-state index contributed by atoms with van der Waals surface area (Å²) in [6, 6.07) is 4.08. The molecule has 2 rings (SSSR count). The van der Waals surface area contributed by atoms with Crippen LogP contribution < -0.4 is 11.1 Å². The van der Waals surface area contributed by atoms with Gasteiger partial charge in [0.05, 0.1) is 0 Å². The molecule has 3 heteroatoms. The first kappa shape index (κ1) is 12.9. The SMILES string of the molecule is Cc1cc(C)c(C(=O)NC2CCCC2C)cc1N. The fourth-order valence-corrected chi connectivity index (χ4v) is 2.72. The molecule has 1 aliphatic carbocycles. The number of amides is 1. The van der Waals surface area contributed by atoms with Crippen LogP contribution in [0.5, 0.6) is 0 Å². The zero-order chi connectivity index (χ0) is 13.3. The Morgan fingerprint density at radius 2 is 2.00 bits per heavy atom. The first-order valence-electron chi connectivity index (χ1n) is 6.66. The summed E-state index contributed by atoms with van der Waals surface area (Å²) < 4.78 is 0. The molecule has 18 heavy (non-hydrogen) atoms. The quantitative estimate of drug-likeness (QED) is 0.788. The van der Waals surface area contributed by atoms with Gasteiger partial charge in [-0.3, -0.25) is 4.79 Å². The van der Waals surface area contributed by atoms with Crippen LogP contribution in [-0.2, 0) is 0 Å². The van der Waals surface area contributed by atoms with Gasteiger partial charge in [-0.2, -0.15) is 0 Å². The Morgan fingerprint density at radius 1 is 1.28 bits per heavy atom. The summed E-state index contributed by atoms with van der Waals surface area (Å²) >= 11 is 0. The Kier molecular flexibility index (Phi) is 3.60. The van der Waals surface area contributed by atoms with Crippen molar-refractivity contribution in [2.75, 3.05) is 5.73 Å². The van der Waals surface area contributed by atoms with Gasteiger partial charge in [-0.15, -0.1) is 0 Å². The lowest BCUT2D eigenvalue weighted by molar-refractivity contribution is 0.0929. The van der Waals surface area contributed by atoms with Gasteiger partial charge in [0.2, 0.25) is 0 Å². The Hall–Kier alpha value is -1.51. The highest BCUT2D eigenvalue weighted by Gasteiger charge is 2.25. The smallest absolute Gasteiger partial charge is 0.251 e. The fraction of sp³-hybridized carbons (Fsp3) is 0.533. The minimum absolute atomic E-state index is 0.0120. The van der Waals surface area contributed by atoms with Crippen molar-refractivity contribution in [2.24, 2.45) is 5.92 Å². The Balaban J connectivity index is 2.16. The normalized spacial score (nSPS) is 23.1. The summed E-state index contributed by atoms with van der Waals surface area (Å²) in [4.78, 5) is 12.3. The van der Waals surface area contributed by atoms with Gasteiger partial charge < -0.3 is 11.1 Å². The third kappa shape index (κ3) is 2.50. The van der Waals surface area contributed by atoms with Crippen LogP contribution in [0, 0.1) is 19.8 Å². The molecule has 0 spiro atoms. The second-order valence-corrected chi connectivity index (χ2v) is 5.51. The Morgan fingerprint density at radius 3 is 2.61 bits per heavy atom. The number of nitrogens with two attached hydrogens (primary N) is 1. The van der Waals surface area contributed by atoms with Gasteiger partial charge in [-0.1, -0.05) is 19.4 Å². The molecule has 1 aromatic carbocycles. The molecule has 0 aliphatic heterocycles. The van der Waals surface area contributed by atoms with Gasteiger partial charge in [0.1, 0.15) is 0 Å². The number of hydrogen-bond donors (Lipinski definition) is 2. The largest absolute Gasteiger partial charge is 0.398 e. The predicted octanol–water partition coefficient (Wildman–Crippen LogP) is 2.80. The molecule has 2 unspecified atom stereocenters. The fourth-order valence-electron chi connectivity index (χ4n) is 2.72. The monoisotopic (exact) mass is 246 g/mol. The molecule has 1 aliphatic rings. The Bertz CT molecular complexity index is 468. The summed E-state index contributed by atoms with van der Waals surface area (Å²) in [6.07, 6.45) is 3.51. The molecule has 0 heterocycles. The lowest BCUT2D eigenvalue weighted by Gasteiger charge is -2.18. The van der Waals surface area contributed by atoms with Crippen LogP contribution in [0.15, 0.2) is 12.1 Å². The number of carbonyl (C=O) groups is 1. The number of nitrogens with one attached hydrogen (secondary N) is 1. The first-order valence-corrected chi connectivity index (χ1v) is 6.66. The number of aryl methyl sites for hydroxylation is 2. The van der Waals surface area contributed by atoms with E-state index in [1.54, 1.807) is 6.07 Å². The van der Waals surface area contributed by atoms with Crippen LogP contribution in [0.1, 0.15) is 47.7 Å². The maximum atomic E-state index is 12.3. The van der Waals surface area contributed by atoms with Gasteiger partial charge in [0.15, 0.2) is 0 Å². The minimum atomic E-state index is 0.0120. The number of benzene rings is 1. The van der Waals surface area contributed by atoms with E-state index in [1.165, 1.54) is 12.8 Å². The lowest BCUT2D eigenvalue weighted by atomic mass is 10.0. The van der Waals surface area contributed by atoms with E-state index in [-0.39, 0.29) is 5.91 Å². The predicted molar refractivity (Wildman–Crippen MR) is 74.6 cm³/mol. The molecular formula is C15H22N2O. The van der Waals surface area contributed by atoms with E-state index in [9.17, 15) is 4.79 Å². The molecular weight excluding hydrogens is 224 g/mol. The molecule has 0 bridgehead atoms. The van der Waals surface area contributed by atoms with Crippen molar-refractivity contribution in [1.82, 2.24) is 5.32 Å². The van der Waals surface area contributed by atoms with E-state index in [4.69, 9.17) is 5.73 Å². The topological polar surface area (TPSA) is 55.1 Å². The van der Waals surface area contributed by atoms with Crippen molar-refractivity contribution in [1.29, 1.82) is 0 Å². The standard InChI is InChI=1S/C15H22N2O/c1-9-5-4-6-14(9)17-15(18)12-8-13(16)11(3)7-10(12)2/h7-9,14H,4-6,16H2,1-3H3,(H,17,18). The van der Waals surface area contributed by atoms with Crippen molar-refractivity contribution in [3.8, 4) is 0 Å². The maximum Gasteiger partial charge on any atom is 0.251 e. The molecule has 98 valence electrons. The number of nitrogen functional groups attached to an aromatic ring is 1. The van der Waals surface area contributed by atoms with Crippen LogP contribution in [0.3, 0.4) is 0 Å². The van der Waals surface area contributed by atoms with Crippen LogP contribution in [0.4, 0.5) is 5.69 Å². The lowest BCUT2D eigenvalue weighted by Crippen LogP contribution is -2.36. The molecule has 1 fully saturated rings. The molecule has 2 atom stereocenters. The highest BCUT2D eigenvalue weighted by molar-refractivity contribution is 5.97. The van der Waals surface area contributed by atoms with E-state index in [0.717, 1.165) is 17.5 Å². The van der Waals surface area contributed by atoms with Crippen molar-refractivity contribution in [2.45, 2.75) is 46.1 Å².